The fraction of sp³-hybridized carbons (Fsp3) is 0.0317. The van der Waals surface area contributed by atoms with Gasteiger partial charge in [-0.1, -0.05) is 170 Å². The summed E-state index contributed by atoms with van der Waals surface area (Å²) >= 11 is 0. The summed E-state index contributed by atoms with van der Waals surface area (Å²) in [5, 5.41) is 6.67. The molecule has 13 aromatic rings. The number of furan rings is 1. The van der Waals surface area contributed by atoms with Crippen LogP contribution >= 0.6 is 0 Å². The van der Waals surface area contributed by atoms with Crippen LogP contribution in [-0.4, -0.2) is 24.1 Å². The molecule has 0 spiro atoms. The highest BCUT2D eigenvalue weighted by Gasteiger charge is 2.26. The number of rotatable bonds is 8. The van der Waals surface area contributed by atoms with Crippen LogP contribution in [-0.2, 0) is 0 Å². The van der Waals surface area contributed by atoms with Crippen LogP contribution in [0.3, 0.4) is 0 Å². The SMILES string of the molecule is C=C(C)n1c2ccccc2c2ccc3oc4c(ccc5c4c4ccccc4n5-c4c(-c5ccccc5)cc(-c5nc(-c6ccccc6)nc(-c6ccccc6)n5)cc4-c4ccc(/C=C/C)cc4)c3c21. The molecule has 0 unspecified atom stereocenters. The lowest BCUT2D eigenvalue weighted by atomic mass is 9.92. The first kappa shape index (κ1) is 40.2. The summed E-state index contributed by atoms with van der Waals surface area (Å²) in [5.74, 6) is 1.81. The van der Waals surface area contributed by atoms with Crippen molar-refractivity contribution in [3.05, 3.63) is 218 Å². The number of hydrogen-bond donors (Lipinski definition) is 0. The Hall–Kier alpha value is -9.13. The van der Waals surface area contributed by atoms with E-state index in [0.717, 1.165) is 111 Å². The minimum Gasteiger partial charge on any atom is -0.455 e. The third-order valence-corrected chi connectivity index (χ3v) is 13.4. The average Bonchev–Trinajstić information content (AvgIpc) is 4.07. The maximum Gasteiger partial charge on any atom is 0.164 e. The summed E-state index contributed by atoms with van der Waals surface area (Å²) in [6, 6.07) is 70.5. The van der Waals surface area contributed by atoms with Gasteiger partial charge in [-0.15, -0.1) is 0 Å². The largest absolute Gasteiger partial charge is 0.455 e. The first-order chi connectivity index (χ1) is 34.0. The molecule has 0 N–H and O–H groups in total. The van der Waals surface area contributed by atoms with Crippen molar-refractivity contribution in [2.45, 2.75) is 13.8 Å². The molecule has 326 valence electrons. The lowest BCUT2D eigenvalue weighted by molar-refractivity contribution is 0.673. The van der Waals surface area contributed by atoms with Gasteiger partial charge in [0.05, 0.1) is 38.5 Å². The van der Waals surface area contributed by atoms with Crippen molar-refractivity contribution in [2.24, 2.45) is 0 Å². The maximum absolute atomic E-state index is 7.11. The molecular formula is C63H43N5O. The van der Waals surface area contributed by atoms with Crippen LogP contribution in [0.1, 0.15) is 19.4 Å². The molecule has 6 nitrogen and oxygen atoms in total. The molecule has 0 aliphatic carbocycles. The molecule has 6 heteroatoms. The van der Waals surface area contributed by atoms with E-state index in [1.807, 2.05) is 67.6 Å². The number of fused-ring (bicyclic) bond motifs is 11. The van der Waals surface area contributed by atoms with Gasteiger partial charge >= 0.3 is 0 Å². The molecule has 69 heavy (non-hydrogen) atoms. The molecule has 0 bridgehead atoms. The monoisotopic (exact) mass is 885 g/mol. The minimum atomic E-state index is 0.586. The third kappa shape index (κ3) is 6.45. The van der Waals surface area contributed by atoms with Crippen molar-refractivity contribution in [3.8, 4) is 62.1 Å². The van der Waals surface area contributed by atoms with E-state index in [-0.39, 0.29) is 0 Å². The molecule has 0 radical (unpaired) electrons. The predicted molar refractivity (Wildman–Crippen MR) is 287 cm³/mol. The lowest BCUT2D eigenvalue weighted by Gasteiger charge is -2.21. The third-order valence-electron chi connectivity index (χ3n) is 13.4. The molecule has 0 amide bonds. The van der Waals surface area contributed by atoms with Crippen LogP contribution in [0.2, 0.25) is 0 Å². The van der Waals surface area contributed by atoms with E-state index in [1.54, 1.807) is 0 Å². The number of hydrogen-bond acceptors (Lipinski definition) is 4. The first-order valence-electron chi connectivity index (χ1n) is 23.3. The van der Waals surface area contributed by atoms with E-state index in [9.17, 15) is 0 Å². The second kappa shape index (κ2) is 16.0. The molecule has 0 aliphatic heterocycles. The second-order valence-corrected chi connectivity index (χ2v) is 17.7. The van der Waals surface area contributed by atoms with E-state index >= 15 is 0 Å². The molecule has 4 aromatic heterocycles. The Bertz CT molecular complexity index is 4140. The van der Waals surface area contributed by atoms with E-state index in [1.165, 1.54) is 10.8 Å². The zero-order valence-electron chi connectivity index (χ0n) is 38.1. The number of allylic oxidation sites excluding steroid dienone is 2. The molecule has 0 fully saturated rings. The molecule has 13 rings (SSSR count). The summed E-state index contributed by atoms with van der Waals surface area (Å²) in [6.07, 6.45) is 4.21. The molecule has 4 heterocycles. The molecule has 9 aromatic carbocycles. The summed E-state index contributed by atoms with van der Waals surface area (Å²) in [6.45, 7) is 8.58. The molecule has 0 aliphatic rings. The topological polar surface area (TPSA) is 61.7 Å². The van der Waals surface area contributed by atoms with Crippen LogP contribution in [0.5, 0.6) is 0 Å². The van der Waals surface area contributed by atoms with Crippen molar-refractivity contribution < 1.29 is 4.42 Å². The van der Waals surface area contributed by atoms with Gasteiger partial charge in [-0.2, -0.15) is 0 Å². The van der Waals surface area contributed by atoms with E-state index in [0.29, 0.717) is 17.5 Å². The van der Waals surface area contributed by atoms with Gasteiger partial charge in [-0.25, -0.2) is 15.0 Å². The Balaban J connectivity index is 1.15. The van der Waals surface area contributed by atoms with E-state index in [4.69, 9.17) is 19.4 Å². The van der Waals surface area contributed by atoms with Crippen molar-refractivity contribution in [1.29, 1.82) is 0 Å². The standard InChI is InChI=1S/C63H43N5O/c1-4-18-40-29-31-42(32-30-40)51-38-45(63-65-61(43-21-10-6-11-22-43)64-62(66-63)44-23-12-7-13-24-44)37-50(41-19-8-5-9-20-41)58(51)68-53-28-17-15-26-48(53)56-54(68)35-33-49-57-55(69-60(49)56)36-34-47-46-25-14-16-27-52(46)67(39(2)3)59(47)57/h4-38H,2H2,1,3H3/b18-4+. The Labute approximate surface area is 398 Å². The number of para-hydroxylation sites is 2. The average molecular weight is 886 g/mol. The lowest BCUT2D eigenvalue weighted by Crippen LogP contribution is -2.04. The van der Waals surface area contributed by atoms with Crippen molar-refractivity contribution in [1.82, 2.24) is 24.1 Å². The van der Waals surface area contributed by atoms with Gasteiger partial charge in [-0.05, 0) is 79.1 Å². The zero-order chi connectivity index (χ0) is 46.2. The Kier molecular flexibility index (Phi) is 9.34. The Morgan fingerprint density at radius 1 is 0.478 bits per heavy atom. The normalized spacial score (nSPS) is 11.9. The van der Waals surface area contributed by atoms with Gasteiger partial charge in [0.1, 0.15) is 11.2 Å². The fourth-order valence-electron chi connectivity index (χ4n) is 10.4. The van der Waals surface area contributed by atoms with Gasteiger partial charge in [-0.3, -0.25) is 0 Å². The highest BCUT2D eigenvalue weighted by molar-refractivity contribution is 6.30. The van der Waals surface area contributed by atoms with Crippen molar-refractivity contribution in [2.75, 3.05) is 0 Å². The smallest absolute Gasteiger partial charge is 0.164 e. The molecule has 0 atom stereocenters. The van der Waals surface area contributed by atoms with Crippen LogP contribution in [0.25, 0.3) is 139 Å². The Morgan fingerprint density at radius 3 is 1.64 bits per heavy atom. The number of nitrogens with zero attached hydrogens (tertiary/aromatic N) is 5. The van der Waals surface area contributed by atoms with Gasteiger partial charge in [0.25, 0.3) is 0 Å². The predicted octanol–water partition coefficient (Wildman–Crippen LogP) is 16.8. The first-order valence-corrected chi connectivity index (χ1v) is 23.3. The molecule has 0 saturated heterocycles. The summed E-state index contributed by atoms with van der Waals surface area (Å²) < 4.78 is 11.8. The number of aromatic nitrogens is 5. The van der Waals surface area contributed by atoms with Crippen LogP contribution < -0.4 is 0 Å². The fourth-order valence-corrected chi connectivity index (χ4v) is 10.4. The van der Waals surface area contributed by atoms with Crippen molar-refractivity contribution in [3.63, 3.8) is 0 Å². The van der Waals surface area contributed by atoms with Crippen LogP contribution in [0.4, 0.5) is 0 Å². The highest BCUT2D eigenvalue weighted by atomic mass is 16.3. The van der Waals surface area contributed by atoms with Gasteiger partial charge in [0.15, 0.2) is 17.5 Å². The second-order valence-electron chi connectivity index (χ2n) is 17.7. The summed E-state index contributed by atoms with van der Waals surface area (Å²) in [5.41, 5.74) is 16.0. The van der Waals surface area contributed by atoms with Crippen LogP contribution in [0.15, 0.2) is 217 Å². The van der Waals surface area contributed by atoms with Gasteiger partial charge < -0.3 is 13.6 Å². The highest BCUT2D eigenvalue weighted by Crippen LogP contribution is 2.48. The summed E-state index contributed by atoms with van der Waals surface area (Å²) in [4.78, 5) is 15.5. The van der Waals surface area contributed by atoms with E-state index in [2.05, 4.69) is 174 Å². The maximum atomic E-state index is 7.11. The minimum absolute atomic E-state index is 0.586. The van der Waals surface area contributed by atoms with Gasteiger partial charge in [0, 0.05) is 55.1 Å². The van der Waals surface area contributed by atoms with Crippen molar-refractivity contribution >= 4 is 77.3 Å². The zero-order valence-corrected chi connectivity index (χ0v) is 38.1. The van der Waals surface area contributed by atoms with Crippen LogP contribution in [0, 0.1) is 0 Å². The van der Waals surface area contributed by atoms with Gasteiger partial charge in [0.2, 0.25) is 0 Å². The molecular weight excluding hydrogens is 843 g/mol. The molecule has 0 saturated carbocycles. The Morgan fingerprint density at radius 2 is 1.01 bits per heavy atom. The summed E-state index contributed by atoms with van der Waals surface area (Å²) in [7, 11) is 0. The van der Waals surface area contributed by atoms with E-state index < -0.39 is 0 Å². The number of benzene rings is 9. The quantitative estimate of drug-likeness (QED) is 0.152.